The lowest BCUT2D eigenvalue weighted by Crippen LogP contribution is -1.84. The first-order chi connectivity index (χ1) is 2.93. The highest BCUT2D eigenvalue weighted by Crippen LogP contribution is 2.12. The Balaban J connectivity index is 1.88. The van der Waals surface area contributed by atoms with E-state index >= 15 is 0 Å². The normalized spacial score (nSPS) is 30.5. The van der Waals surface area contributed by atoms with Crippen LogP contribution < -0.4 is 0 Å². The van der Waals surface area contributed by atoms with Crippen LogP contribution >= 0.6 is 11.8 Å². The summed E-state index contributed by atoms with van der Waals surface area (Å²) < 4.78 is 4.93. The molecule has 0 spiro atoms. The third-order valence-electron chi connectivity index (χ3n) is 0.755. The van der Waals surface area contributed by atoms with Crippen LogP contribution in [0.3, 0.4) is 0 Å². The molecule has 1 fully saturated rings. The van der Waals surface area contributed by atoms with Crippen molar-refractivity contribution in [3.8, 4) is 0 Å². The minimum atomic E-state index is 0.611. The van der Waals surface area contributed by atoms with Crippen LogP contribution in [0, 0.1) is 0 Å². The molecular formula is C4H8OS. The molecule has 0 radical (unpaired) electrons. The van der Waals surface area contributed by atoms with E-state index in [0.29, 0.717) is 6.10 Å². The van der Waals surface area contributed by atoms with E-state index in [9.17, 15) is 0 Å². The van der Waals surface area contributed by atoms with Crippen LogP contribution in [-0.2, 0) is 4.74 Å². The second-order valence-electron chi connectivity index (χ2n) is 1.41. The molecule has 1 nitrogen and oxygen atoms in total. The molecule has 0 aliphatic carbocycles. The summed E-state index contributed by atoms with van der Waals surface area (Å²) in [6, 6.07) is 0. The van der Waals surface area contributed by atoms with Crippen LogP contribution in [0.5, 0.6) is 0 Å². The minimum absolute atomic E-state index is 0.611. The molecule has 0 aromatic rings. The van der Waals surface area contributed by atoms with Crippen molar-refractivity contribution in [1.82, 2.24) is 0 Å². The number of hydrogen-bond acceptors (Lipinski definition) is 2. The molecule has 36 valence electrons. The molecule has 0 N–H and O–H groups in total. The number of hydrogen-bond donors (Lipinski definition) is 0. The van der Waals surface area contributed by atoms with Crippen molar-refractivity contribution < 1.29 is 4.74 Å². The molecule has 2 heteroatoms. The van der Waals surface area contributed by atoms with E-state index in [1.807, 2.05) is 11.8 Å². The lowest BCUT2D eigenvalue weighted by Gasteiger charge is -1.80. The molecule has 1 atom stereocenters. The smallest absolute Gasteiger partial charge is 0.0899 e. The summed E-state index contributed by atoms with van der Waals surface area (Å²) >= 11 is 1.85. The minimum Gasteiger partial charge on any atom is -0.372 e. The quantitative estimate of drug-likeness (QED) is 0.479. The van der Waals surface area contributed by atoms with Gasteiger partial charge in [-0.3, -0.25) is 0 Å². The van der Waals surface area contributed by atoms with Gasteiger partial charge in [-0.2, -0.15) is 11.8 Å². The molecule has 1 aliphatic heterocycles. The van der Waals surface area contributed by atoms with Crippen molar-refractivity contribution in [2.24, 2.45) is 0 Å². The fourth-order valence-electron chi connectivity index (χ4n) is 0.350. The van der Waals surface area contributed by atoms with Crippen LogP contribution in [-0.4, -0.2) is 24.7 Å². The lowest BCUT2D eigenvalue weighted by molar-refractivity contribution is 0.426. The molecule has 0 bridgehead atoms. The second kappa shape index (κ2) is 1.85. The van der Waals surface area contributed by atoms with Gasteiger partial charge in [-0.25, -0.2) is 0 Å². The van der Waals surface area contributed by atoms with E-state index in [0.717, 1.165) is 6.61 Å². The average molecular weight is 104 g/mol. The molecule has 0 amide bonds. The SMILES string of the molecule is CSC[C@@H]1CO1. The van der Waals surface area contributed by atoms with Gasteiger partial charge in [0.1, 0.15) is 0 Å². The summed E-state index contributed by atoms with van der Waals surface area (Å²) in [5.41, 5.74) is 0. The van der Waals surface area contributed by atoms with Crippen LogP contribution in [0.2, 0.25) is 0 Å². The highest BCUT2D eigenvalue weighted by atomic mass is 32.2. The summed E-state index contributed by atoms with van der Waals surface area (Å²) in [5, 5.41) is 0. The summed E-state index contributed by atoms with van der Waals surface area (Å²) in [6.45, 7) is 1.00. The topological polar surface area (TPSA) is 12.5 Å². The van der Waals surface area contributed by atoms with Crippen molar-refractivity contribution in [3.05, 3.63) is 0 Å². The van der Waals surface area contributed by atoms with E-state index in [1.54, 1.807) is 0 Å². The zero-order valence-electron chi connectivity index (χ0n) is 3.81. The van der Waals surface area contributed by atoms with Gasteiger partial charge in [0.25, 0.3) is 0 Å². The highest BCUT2D eigenvalue weighted by molar-refractivity contribution is 7.98. The summed E-state index contributed by atoms with van der Waals surface area (Å²) in [5.74, 6) is 1.18. The maximum Gasteiger partial charge on any atom is 0.0899 e. The van der Waals surface area contributed by atoms with E-state index in [4.69, 9.17) is 4.74 Å². The molecule has 1 saturated heterocycles. The second-order valence-corrected chi connectivity index (χ2v) is 2.32. The largest absolute Gasteiger partial charge is 0.372 e. The van der Waals surface area contributed by atoms with E-state index in [1.165, 1.54) is 5.75 Å². The van der Waals surface area contributed by atoms with E-state index < -0.39 is 0 Å². The van der Waals surface area contributed by atoms with Crippen molar-refractivity contribution in [1.29, 1.82) is 0 Å². The van der Waals surface area contributed by atoms with E-state index in [2.05, 4.69) is 6.26 Å². The maximum absolute atomic E-state index is 4.93. The van der Waals surface area contributed by atoms with Gasteiger partial charge in [0, 0.05) is 5.75 Å². The third-order valence-corrected chi connectivity index (χ3v) is 1.46. The van der Waals surface area contributed by atoms with E-state index in [-0.39, 0.29) is 0 Å². The van der Waals surface area contributed by atoms with Gasteiger partial charge in [-0.1, -0.05) is 0 Å². The van der Waals surface area contributed by atoms with Gasteiger partial charge in [-0.05, 0) is 6.26 Å². The van der Waals surface area contributed by atoms with Crippen molar-refractivity contribution in [2.45, 2.75) is 6.10 Å². The third kappa shape index (κ3) is 1.19. The Morgan fingerprint density at radius 2 is 2.67 bits per heavy atom. The van der Waals surface area contributed by atoms with Crippen LogP contribution in [0.25, 0.3) is 0 Å². The van der Waals surface area contributed by atoms with Gasteiger partial charge >= 0.3 is 0 Å². The number of rotatable bonds is 2. The van der Waals surface area contributed by atoms with Crippen LogP contribution in [0.4, 0.5) is 0 Å². The number of ether oxygens (including phenoxy) is 1. The van der Waals surface area contributed by atoms with Gasteiger partial charge in [0.05, 0.1) is 12.7 Å². The average Bonchev–Trinajstić information content (AvgIpc) is 2.21. The first-order valence-corrected chi connectivity index (χ1v) is 3.43. The predicted molar refractivity (Wildman–Crippen MR) is 28.1 cm³/mol. The molecule has 1 aliphatic rings. The monoisotopic (exact) mass is 104 g/mol. The number of thioether (sulfide) groups is 1. The van der Waals surface area contributed by atoms with Crippen LogP contribution in [0.15, 0.2) is 0 Å². The summed E-state index contributed by atoms with van der Waals surface area (Å²) in [4.78, 5) is 0. The molecule has 6 heavy (non-hydrogen) atoms. The molecule has 0 saturated carbocycles. The first kappa shape index (κ1) is 4.47. The van der Waals surface area contributed by atoms with Crippen molar-refractivity contribution in [3.63, 3.8) is 0 Å². The molecule has 1 heterocycles. The number of epoxide rings is 1. The molecule has 1 rings (SSSR count). The van der Waals surface area contributed by atoms with Gasteiger partial charge < -0.3 is 4.74 Å². The summed E-state index contributed by atoms with van der Waals surface area (Å²) in [6.07, 6.45) is 2.71. The fourth-order valence-corrected chi connectivity index (χ4v) is 0.914. The van der Waals surface area contributed by atoms with Crippen LogP contribution in [0.1, 0.15) is 0 Å². The highest BCUT2D eigenvalue weighted by Gasteiger charge is 2.20. The standard InChI is InChI=1S/C4H8OS/c1-6-3-4-2-5-4/h4H,2-3H2,1H3/t4-/m0/s1. The first-order valence-electron chi connectivity index (χ1n) is 2.04. The fraction of sp³-hybridized carbons (Fsp3) is 1.00. The predicted octanol–water partition coefficient (Wildman–Crippen LogP) is 0.748. The Labute approximate surface area is 42.1 Å². The van der Waals surface area contributed by atoms with Gasteiger partial charge in [-0.15, -0.1) is 0 Å². The van der Waals surface area contributed by atoms with Gasteiger partial charge in [0.15, 0.2) is 0 Å². The van der Waals surface area contributed by atoms with Crippen molar-refractivity contribution >= 4 is 11.8 Å². The Bertz CT molecular complexity index is 42.8. The zero-order valence-corrected chi connectivity index (χ0v) is 4.62. The van der Waals surface area contributed by atoms with Gasteiger partial charge in [0.2, 0.25) is 0 Å². The molecule has 0 aromatic carbocycles. The summed E-state index contributed by atoms with van der Waals surface area (Å²) in [7, 11) is 0. The lowest BCUT2D eigenvalue weighted by atomic mass is 10.6. The molecular weight excluding hydrogens is 96.1 g/mol. The zero-order chi connectivity index (χ0) is 4.41. The molecule has 0 unspecified atom stereocenters. The van der Waals surface area contributed by atoms with Crippen molar-refractivity contribution in [2.75, 3.05) is 18.6 Å². The molecule has 0 aromatic heterocycles. The Morgan fingerprint density at radius 1 is 2.00 bits per heavy atom. The Morgan fingerprint density at radius 3 is 2.83 bits per heavy atom. The Kier molecular flexibility index (Phi) is 1.37. The maximum atomic E-state index is 4.93. The Hall–Kier alpha value is 0.310.